The molecule has 0 atom stereocenters. The number of benzene rings is 1. The maximum Gasteiger partial charge on any atom is 0.276 e. The minimum absolute atomic E-state index is 0.00248. The Labute approximate surface area is 127 Å². The van der Waals surface area contributed by atoms with E-state index in [4.69, 9.17) is 16.9 Å². The van der Waals surface area contributed by atoms with Crippen molar-refractivity contribution < 1.29 is 4.92 Å². The number of nitriles is 1. The second kappa shape index (κ2) is 5.86. The molecule has 0 radical (unpaired) electrons. The standard InChI is InChI=1S/C12H6BrClN4O2/c13-8-1-2-10(7(3-8)6-15)16-12-5-9(18(19)20)4-11(14)17-12/h1-5H,(H,16,17). The maximum atomic E-state index is 10.8. The monoisotopic (exact) mass is 352 g/mol. The lowest BCUT2D eigenvalue weighted by Crippen LogP contribution is -1.98. The summed E-state index contributed by atoms with van der Waals surface area (Å²) in [5.74, 6) is 0.197. The Morgan fingerprint density at radius 2 is 2.15 bits per heavy atom. The van der Waals surface area contributed by atoms with Crippen LogP contribution >= 0.6 is 27.5 Å². The predicted octanol–water partition coefficient (Wildman–Crippen LogP) is 4.02. The maximum absolute atomic E-state index is 10.8. The third-order valence-corrected chi connectivity index (χ3v) is 3.04. The lowest BCUT2D eigenvalue weighted by atomic mass is 10.2. The van der Waals surface area contributed by atoms with Gasteiger partial charge < -0.3 is 5.32 Å². The number of nitro groups is 1. The lowest BCUT2D eigenvalue weighted by Gasteiger charge is -2.08. The number of pyridine rings is 1. The fraction of sp³-hybridized carbons (Fsp3) is 0. The quantitative estimate of drug-likeness (QED) is 0.511. The Balaban J connectivity index is 2.40. The predicted molar refractivity (Wildman–Crippen MR) is 78.0 cm³/mol. The zero-order valence-corrected chi connectivity index (χ0v) is 12.1. The number of rotatable bonds is 3. The van der Waals surface area contributed by atoms with Gasteiger partial charge in [-0.2, -0.15) is 5.26 Å². The first-order valence-electron chi connectivity index (χ1n) is 5.28. The molecule has 20 heavy (non-hydrogen) atoms. The van der Waals surface area contributed by atoms with Gasteiger partial charge in [0.05, 0.1) is 28.3 Å². The highest BCUT2D eigenvalue weighted by Crippen LogP contribution is 2.26. The summed E-state index contributed by atoms with van der Waals surface area (Å²) < 4.78 is 0.754. The summed E-state index contributed by atoms with van der Waals surface area (Å²) in [7, 11) is 0. The van der Waals surface area contributed by atoms with Crippen LogP contribution in [0.2, 0.25) is 5.15 Å². The van der Waals surface area contributed by atoms with Gasteiger partial charge in [-0.3, -0.25) is 10.1 Å². The molecule has 1 aromatic heterocycles. The zero-order valence-electron chi connectivity index (χ0n) is 9.80. The molecule has 0 saturated carbocycles. The van der Waals surface area contributed by atoms with E-state index < -0.39 is 4.92 Å². The molecular formula is C12H6BrClN4O2. The Kier molecular flexibility index (Phi) is 4.17. The first-order valence-corrected chi connectivity index (χ1v) is 6.45. The van der Waals surface area contributed by atoms with E-state index >= 15 is 0 Å². The normalized spacial score (nSPS) is 9.85. The second-order valence-corrected chi connectivity index (χ2v) is 5.02. The summed E-state index contributed by atoms with van der Waals surface area (Å²) in [5, 5.41) is 22.7. The average Bonchev–Trinajstić information content (AvgIpc) is 2.40. The fourth-order valence-electron chi connectivity index (χ4n) is 1.51. The highest BCUT2D eigenvalue weighted by atomic mass is 79.9. The van der Waals surface area contributed by atoms with Crippen molar-refractivity contribution in [1.82, 2.24) is 4.98 Å². The minimum atomic E-state index is -0.564. The molecule has 6 nitrogen and oxygen atoms in total. The molecule has 8 heteroatoms. The van der Waals surface area contributed by atoms with Crippen molar-refractivity contribution in [2.24, 2.45) is 0 Å². The van der Waals surface area contributed by atoms with Crippen LogP contribution in [-0.4, -0.2) is 9.91 Å². The van der Waals surface area contributed by atoms with Crippen LogP contribution < -0.4 is 5.32 Å². The van der Waals surface area contributed by atoms with Crippen LogP contribution in [-0.2, 0) is 0 Å². The van der Waals surface area contributed by atoms with Crippen molar-refractivity contribution >= 4 is 44.7 Å². The molecule has 1 aromatic carbocycles. The van der Waals surface area contributed by atoms with Gasteiger partial charge in [-0.25, -0.2) is 4.98 Å². The Morgan fingerprint density at radius 3 is 2.80 bits per heavy atom. The van der Waals surface area contributed by atoms with Crippen LogP contribution in [0, 0.1) is 21.4 Å². The minimum Gasteiger partial charge on any atom is -0.339 e. The van der Waals surface area contributed by atoms with E-state index in [9.17, 15) is 10.1 Å². The van der Waals surface area contributed by atoms with E-state index in [0.717, 1.165) is 10.5 Å². The summed E-state index contributed by atoms with van der Waals surface area (Å²) in [4.78, 5) is 14.1. The SMILES string of the molecule is N#Cc1cc(Br)ccc1Nc1cc([N+](=O)[O-])cc(Cl)n1. The smallest absolute Gasteiger partial charge is 0.276 e. The van der Waals surface area contributed by atoms with E-state index in [1.807, 2.05) is 6.07 Å². The molecule has 0 unspecified atom stereocenters. The summed E-state index contributed by atoms with van der Waals surface area (Å²) in [6.45, 7) is 0. The van der Waals surface area contributed by atoms with Crippen LogP contribution in [0.5, 0.6) is 0 Å². The summed E-state index contributed by atoms with van der Waals surface area (Å²) in [5.41, 5.74) is 0.687. The van der Waals surface area contributed by atoms with Crippen LogP contribution in [0.15, 0.2) is 34.8 Å². The van der Waals surface area contributed by atoms with E-state index in [1.165, 1.54) is 6.07 Å². The Bertz CT molecular complexity index is 730. The summed E-state index contributed by atoms with van der Waals surface area (Å²) in [6.07, 6.45) is 0. The number of hydrogen-bond acceptors (Lipinski definition) is 5. The highest BCUT2D eigenvalue weighted by molar-refractivity contribution is 9.10. The van der Waals surface area contributed by atoms with Gasteiger partial charge in [-0.1, -0.05) is 27.5 Å². The van der Waals surface area contributed by atoms with Crippen LogP contribution in [0.4, 0.5) is 17.2 Å². The van der Waals surface area contributed by atoms with Crippen LogP contribution in [0.3, 0.4) is 0 Å². The van der Waals surface area contributed by atoms with Crippen molar-refractivity contribution in [3.63, 3.8) is 0 Å². The fourth-order valence-corrected chi connectivity index (χ4v) is 2.07. The van der Waals surface area contributed by atoms with Gasteiger partial charge in [0.1, 0.15) is 17.0 Å². The highest BCUT2D eigenvalue weighted by Gasteiger charge is 2.11. The third-order valence-electron chi connectivity index (χ3n) is 2.35. The van der Waals surface area contributed by atoms with Gasteiger partial charge in [-0.15, -0.1) is 0 Å². The molecule has 0 bridgehead atoms. The van der Waals surface area contributed by atoms with E-state index in [1.54, 1.807) is 18.2 Å². The molecule has 0 aliphatic heterocycles. The molecule has 1 N–H and O–H groups in total. The van der Waals surface area contributed by atoms with Crippen LogP contribution in [0.25, 0.3) is 0 Å². The number of halogens is 2. The molecule has 2 aromatic rings. The van der Waals surface area contributed by atoms with Crippen LogP contribution in [0.1, 0.15) is 5.56 Å². The molecule has 0 amide bonds. The second-order valence-electron chi connectivity index (χ2n) is 3.72. The molecule has 0 aliphatic rings. The number of nitrogens with one attached hydrogen (secondary N) is 1. The molecule has 100 valence electrons. The lowest BCUT2D eigenvalue weighted by molar-refractivity contribution is -0.384. The molecule has 0 spiro atoms. The van der Waals surface area contributed by atoms with E-state index in [-0.39, 0.29) is 16.7 Å². The number of aromatic nitrogens is 1. The van der Waals surface area contributed by atoms with Crippen molar-refractivity contribution in [3.05, 3.63) is 55.6 Å². The largest absolute Gasteiger partial charge is 0.339 e. The number of hydrogen-bond donors (Lipinski definition) is 1. The molecule has 2 rings (SSSR count). The topological polar surface area (TPSA) is 91.8 Å². The number of nitrogens with zero attached hydrogens (tertiary/aromatic N) is 3. The van der Waals surface area contributed by atoms with Crippen molar-refractivity contribution in [1.29, 1.82) is 5.26 Å². The molecule has 1 heterocycles. The Morgan fingerprint density at radius 1 is 1.40 bits per heavy atom. The third kappa shape index (κ3) is 3.23. The molecule has 0 saturated heterocycles. The van der Waals surface area contributed by atoms with Gasteiger partial charge in [0, 0.05) is 4.47 Å². The Hall–Kier alpha value is -2.17. The van der Waals surface area contributed by atoms with Gasteiger partial charge >= 0.3 is 0 Å². The van der Waals surface area contributed by atoms with Gasteiger partial charge in [0.2, 0.25) is 0 Å². The molecular weight excluding hydrogens is 348 g/mol. The zero-order chi connectivity index (χ0) is 14.7. The van der Waals surface area contributed by atoms with Crippen molar-refractivity contribution in [2.45, 2.75) is 0 Å². The van der Waals surface area contributed by atoms with Gasteiger partial charge in [-0.05, 0) is 18.2 Å². The van der Waals surface area contributed by atoms with E-state index in [2.05, 4.69) is 26.2 Å². The van der Waals surface area contributed by atoms with Gasteiger partial charge in [0.25, 0.3) is 5.69 Å². The van der Waals surface area contributed by atoms with Crippen molar-refractivity contribution in [3.8, 4) is 6.07 Å². The first kappa shape index (κ1) is 14.2. The van der Waals surface area contributed by atoms with E-state index in [0.29, 0.717) is 11.3 Å². The summed E-state index contributed by atoms with van der Waals surface area (Å²) in [6, 6.07) is 9.45. The van der Waals surface area contributed by atoms with Crippen molar-refractivity contribution in [2.75, 3.05) is 5.32 Å². The number of anilines is 2. The average molecular weight is 354 g/mol. The van der Waals surface area contributed by atoms with Gasteiger partial charge in [0.15, 0.2) is 0 Å². The first-order chi connectivity index (χ1) is 9.49. The molecule has 0 aliphatic carbocycles. The molecule has 0 fully saturated rings. The summed E-state index contributed by atoms with van der Waals surface area (Å²) >= 11 is 8.99.